The third kappa shape index (κ3) is 3.43. The fourth-order valence-electron chi connectivity index (χ4n) is 3.83. The Bertz CT molecular complexity index is 237. The van der Waals surface area contributed by atoms with Crippen molar-refractivity contribution in [1.29, 1.82) is 0 Å². The first-order chi connectivity index (χ1) is 8.80. The molecular weight excluding hydrogens is 242 g/mol. The van der Waals surface area contributed by atoms with Crippen LogP contribution in [0, 0.1) is 11.8 Å². The lowest BCUT2D eigenvalue weighted by Gasteiger charge is -2.33. The topological polar surface area (TPSA) is 32.3 Å². The van der Waals surface area contributed by atoms with Crippen LogP contribution in [0.3, 0.4) is 0 Å². The molecule has 2 rings (SSSR count). The lowest BCUT2D eigenvalue weighted by atomic mass is 9.86. The van der Waals surface area contributed by atoms with Gasteiger partial charge >= 0.3 is 0 Å². The molecule has 2 atom stereocenters. The highest BCUT2D eigenvalue weighted by Crippen LogP contribution is 2.38. The third-order valence-corrected chi connectivity index (χ3v) is 6.41. The van der Waals surface area contributed by atoms with Crippen LogP contribution in [0.15, 0.2) is 0 Å². The second-order valence-corrected chi connectivity index (χ2v) is 7.32. The summed E-state index contributed by atoms with van der Waals surface area (Å²) in [5.74, 6) is 4.34. The highest BCUT2D eigenvalue weighted by atomic mass is 32.2. The van der Waals surface area contributed by atoms with E-state index in [1.54, 1.807) is 0 Å². The Morgan fingerprint density at radius 1 is 1.22 bits per heavy atom. The molecule has 0 radical (unpaired) electrons. The fourth-order valence-corrected chi connectivity index (χ4v) is 5.12. The van der Waals surface area contributed by atoms with Gasteiger partial charge in [0, 0.05) is 5.54 Å². The molecule has 2 unspecified atom stereocenters. The van der Waals surface area contributed by atoms with Gasteiger partial charge in [-0.2, -0.15) is 11.8 Å². The van der Waals surface area contributed by atoms with Crippen LogP contribution >= 0.6 is 11.8 Å². The van der Waals surface area contributed by atoms with Gasteiger partial charge in [0.25, 0.3) is 0 Å². The van der Waals surface area contributed by atoms with Gasteiger partial charge in [-0.3, -0.25) is 0 Å². The van der Waals surface area contributed by atoms with Crippen molar-refractivity contribution in [1.82, 2.24) is 5.32 Å². The van der Waals surface area contributed by atoms with Crippen LogP contribution in [0.25, 0.3) is 0 Å². The van der Waals surface area contributed by atoms with Crippen molar-refractivity contribution in [2.75, 3.05) is 25.2 Å². The highest BCUT2D eigenvalue weighted by Gasteiger charge is 2.40. The predicted octanol–water partition coefficient (Wildman–Crippen LogP) is 3.05. The Labute approximate surface area is 116 Å². The van der Waals surface area contributed by atoms with E-state index in [-0.39, 0.29) is 5.54 Å². The van der Waals surface area contributed by atoms with Crippen molar-refractivity contribution in [2.45, 2.75) is 56.9 Å². The molecule has 3 heteroatoms. The molecule has 2 aliphatic carbocycles. The molecule has 0 aromatic carbocycles. The molecule has 18 heavy (non-hydrogen) atoms. The summed E-state index contributed by atoms with van der Waals surface area (Å²) in [6, 6.07) is 0. The van der Waals surface area contributed by atoms with Gasteiger partial charge in [0.05, 0.1) is 6.61 Å². The largest absolute Gasteiger partial charge is 0.394 e. The van der Waals surface area contributed by atoms with Gasteiger partial charge in [0.2, 0.25) is 0 Å². The molecule has 0 aromatic rings. The van der Waals surface area contributed by atoms with E-state index < -0.39 is 0 Å². The number of hydrogen-bond acceptors (Lipinski definition) is 3. The second-order valence-electron chi connectivity index (χ2n) is 6.17. The third-order valence-electron chi connectivity index (χ3n) is 5.18. The van der Waals surface area contributed by atoms with E-state index in [1.165, 1.54) is 56.5 Å². The number of likely N-dealkylation sites (N-methyl/N-ethyl adjacent to an activating group) is 1. The zero-order valence-electron chi connectivity index (χ0n) is 11.8. The van der Waals surface area contributed by atoms with Crippen LogP contribution in [-0.4, -0.2) is 35.8 Å². The summed E-state index contributed by atoms with van der Waals surface area (Å²) in [6.45, 7) is 0.307. The summed E-state index contributed by atoms with van der Waals surface area (Å²) >= 11 is 2.15. The standard InChI is InChI=1S/C15H29NOS/c1-16-15(12-17)9-4-7-14(15)8-10-18-11-13-5-2-3-6-13/h13-14,16-17H,2-12H2,1H3. The van der Waals surface area contributed by atoms with E-state index >= 15 is 0 Å². The van der Waals surface area contributed by atoms with Gasteiger partial charge in [-0.25, -0.2) is 0 Å². The molecule has 2 fully saturated rings. The van der Waals surface area contributed by atoms with Gasteiger partial charge in [-0.05, 0) is 62.5 Å². The zero-order valence-corrected chi connectivity index (χ0v) is 12.6. The van der Waals surface area contributed by atoms with Gasteiger partial charge in [-0.15, -0.1) is 0 Å². The first-order valence-electron chi connectivity index (χ1n) is 7.68. The van der Waals surface area contributed by atoms with Crippen molar-refractivity contribution in [3.8, 4) is 0 Å². The minimum absolute atomic E-state index is 0.0356. The first kappa shape index (κ1) is 14.7. The quantitative estimate of drug-likeness (QED) is 0.698. The molecule has 0 spiro atoms. The van der Waals surface area contributed by atoms with Crippen molar-refractivity contribution in [3.05, 3.63) is 0 Å². The maximum absolute atomic E-state index is 9.65. The average Bonchev–Trinajstić information content (AvgIpc) is 3.04. The molecule has 0 heterocycles. The van der Waals surface area contributed by atoms with E-state index in [2.05, 4.69) is 17.1 Å². The Morgan fingerprint density at radius 2 is 2.00 bits per heavy atom. The molecule has 2 nitrogen and oxygen atoms in total. The zero-order chi connectivity index (χ0) is 12.8. The Balaban J connectivity index is 1.66. The van der Waals surface area contributed by atoms with E-state index in [1.807, 2.05) is 7.05 Å². The summed E-state index contributed by atoms with van der Waals surface area (Å²) < 4.78 is 0. The summed E-state index contributed by atoms with van der Waals surface area (Å²) in [4.78, 5) is 0. The Hall–Kier alpha value is 0.270. The SMILES string of the molecule is CNC1(CO)CCCC1CCSCC1CCCC1. The van der Waals surface area contributed by atoms with Gasteiger partial charge in [-0.1, -0.05) is 19.3 Å². The smallest absolute Gasteiger partial charge is 0.0615 e. The van der Waals surface area contributed by atoms with Crippen molar-refractivity contribution in [2.24, 2.45) is 11.8 Å². The number of hydrogen-bond donors (Lipinski definition) is 2. The van der Waals surface area contributed by atoms with Crippen molar-refractivity contribution < 1.29 is 5.11 Å². The number of aliphatic hydroxyl groups excluding tert-OH is 1. The number of nitrogens with one attached hydrogen (secondary N) is 1. The lowest BCUT2D eigenvalue weighted by molar-refractivity contribution is 0.130. The summed E-state index contributed by atoms with van der Waals surface area (Å²) in [7, 11) is 2.01. The molecule has 106 valence electrons. The normalized spacial score (nSPS) is 33.3. The van der Waals surface area contributed by atoms with Crippen LogP contribution in [-0.2, 0) is 0 Å². The maximum Gasteiger partial charge on any atom is 0.0615 e. The molecule has 0 saturated heterocycles. The molecule has 0 aliphatic heterocycles. The number of rotatable bonds is 7. The second kappa shape index (κ2) is 7.16. The van der Waals surface area contributed by atoms with Crippen LogP contribution in [0.2, 0.25) is 0 Å². The summed E-state index contributed by atoms with van der Waals surface area (Å²) in [5.41, 5.74) is 0.0356. The van der Waals surface area contributed by atoms with Gasteiger partial charge in [0.15, 0.2) is 0 Å². The van der Waals surface area contributed by atoms with E-state index in [0.29, 0.717) is 12.5 Å². The molecule has 0 bridgehead atoms. The summed E-state index contributed by atoms with van der Waals surface area (Å²) in [5, 5.41) is 13.0. The maximum atomic E-state index is 9.65. The lowest BCUT2D eigenvalue weighted by Crippen LogP contribution is -2.49. The Kier molecular flexibility index (Phi) is 5.84. The van der Waals surface area contributed by atoms with Crippen LogP contribution in [0.5, 0.6) is 0 Å². The molecule has 0 amide bonds. The van der Waals surface area contributed by atoms with Crippen LogP contribution in [0.4, 0.5) is 0 Å². The van der Waals surface area contributed by atoms with E-state index in [4.69, 9.17) is 0 Å². The first-order valence-corrected chi connectivity index (χ1v) is 8.84. The fraction of sp³-hybridized carbons (Fsp3) is 1.00. The highest BCUT2D eigenvalue weighted by molar-refractivity contribution is 7.99. The van der Waals surface area contributed by atoms with Gasteiger partial charge in [0.1, 0.15) is 0 Å². The van der Waals surface area contributed by atoms with Crippen molar-refractivity contribution >= 4 is 11.8 Å². The monoisotopic (exact) mass is 271 g/mol. The molecule has 0 aromatic heterocycles. The minimum atomic E-state index is 0.0356. The van der Waals surface area contributed by atoms with Crippen molar-refractivity contribution in [3.63, 3.8) is 0 Å². The summed E-state index contributed by atoms with van der Waals surface area (Å²) in [6.07, 6.45) is 10.9. The van der Waals surface area contributed by atoms with E-state index in [9.17, 15) is 5.11 Å². The predicted molar refractivity (Wildman–Crippen MR) is 80.1 cm³/mol. The number of aliphatic hydroxyl groups is 1. The average molecular weight is 271 g/mol. The van der Waals surface area contributed by atoms with Crippen LogP contribution < -0.4 is 5.32 Å². The Morgan fingerprint density at radius 3 is 2.67 bits per heavy atom. The van der Waals surface area contributed by atoms with Gasteiger partial charge < -0.3 is 10.4 Å². The minimum Gasteiger partial charge on any atom is -0.394 e. The molecule has 2 N–H and O–H groups in total. The molecular formula is C15H29NOS. The molecule has 2 saturated carbocycles. The molecule has 2 aliphatic rings. The number of thioether (sulfide) groups is 1. The van der Waals surface area contributed by atoms with E-state index in [0.717, 1.165) is 12.3 Å². The van der Waals surface area contributed by atoms with Crippen LogP contribution in [0.1, 0.15) is 51.4 Å².